The van der Waals surface area contributed by atoms with Crippen LogP contribution in [0.4, 0.5) is 23.8 Å². The van der Waals surface area contributed by atoms with E-state index in [9.17, 15) is 18.0 Å². The van der Waals surface area contributed by atoms with E-state index >= 15 is 0 Å². The third-order valence-corrected chi connectivity index (χ3v) is 3.67. The lowest BCUT2D eigenvalue weighted by Gasteiger charge is -2.35. The Morgan fingerprint density at radius 3 is 2.39 bits per heavy atom. The standard InChI is InChI=1S/C14H14F3N5O/c15-14(16,17)11-1-2-12(19-9-11)20-5-7-21(8-6-20)13(23)22-4-3-18-10-22/h1-4,9-10H,5-8H2. The zero-order valence-corrected chi connectivity index (χ0v) is 12.1. The van der Waals surface area contributed by atoms with E-state index in [1.165, 1.54) is 23.2 Å². The van der Waals surface area contributed by atoms with Crippen LogP contribution in [-0.2, 0) is 6.18 Å². The summed E-state index contributed by atoms with van der Waals surface area (Å²) >= 11 is 0. The molecule has 23 heavy (non-hydrogen) atoms. The van der Waals surface area contributed by atoms with E-state index in [0.29, 0.717) is 32.0 Å². The number of halogens is 3. The smallest absolute Gasteiger partial charge is 0.353 e. The van der Waals surface area contributed by atoms with Crippen LogP contribution in [-0.4, -0.2) is 51.6 Å². The van der Waals surface area contributed by atoms with Crippen molar-refractivity contribution in [1.29, 1.82) is 0 Å². The fourth-order valence-corrected chi connectivity index (χ4v) is 2.40. The van der Waals surface area contributed by atoms with Crippen LogP contribution in [0.15, 0.2) is 37.1 Å². The van der Waals surface area contributed by atoms with E-state index in [-0.39, 0.29) is 6.03 Å². The zero-order valence-electron chi connectivity index (χ0n) is 12.1. The summed E-state index contributed by atoms with van der Waals surface area (Å²) < 4.78 is 39.0. The van der Waals surface area contributed by atoms with Gasteiger partial charge >= 0.3 is 12.2 Å². The van der Waals surface area contributed by atoms with Gasteiger partial charge in [-0.3, -0.25) is 4.57 Å². The normalized spacial score (nSPS) is 15.8. The summed E-state index contributed by atoms with van der Waals surface area (Å²) in [6.07, 6.45) is 0.984. The highest BCUT2D eigenvalue weighted by atomic mass is 19.4. The van der Waals surface area contributed by atoms with Crippen molar-refractivity contribution < 1.29 is 18.0 Å². The van der Waals surface area contributed by atoms with Gasteiger partial charge in [0.15, 0.2) is 0 Å². The van der Waals surface area contributed by atoms with Crippen LogP contribution in [0.1, 0.15) is 5.56 Å². The Balaban J connectivity index is 1.62. The molecule has 1 amide bonds. The molecule has 0 radical (unpaired) electrons. The minimum absolute atomic E-state index is 0.164. The second-order valence-electron chi connectivity index (χ2n) is 5.13. The molecule has 122 valence electrons. The van der Waals surface area contributed by atoms with Gasteiger partial charge in [0.1, 0.15) is 12.1 Å². The van der Waals surface area contributed by atoms with Crippen LogP contribution in [0.25, 0.3) is 0 Å². The van der Waals surface area contributed by atoms with E-state index in [4.69, 9.17) is 0 Å². The Labute approximate surface area is 130 Å². The summed E-state index contributed by atoms with van der Waals surface area (Å²) in [5.41, 5.74) is -0.768. The predicted octanol–water partition coefficient (Wildman–Crippen LogP) is 2.09. The number of rotatable bonds is 1. The van der Waals surface area contributed by atoms with Gasteiger partial charge in [-0.05, 0) is 12.1 Å². The second-order valence-corrected chi connectivity index (χ2v) is 5.13. The fourth-order valence-electron chi connectivity index (χ4n) is 2.40. The van der Waals surface area contributed by atoms with Crippen molar-refractivity contribution in [3.63, 3.8) is 0 Å². The maximum Gasteiger partial charge on any atom is 0.417 e. The molecule has 1 saturated heterocycles. The summed E-state index contributed by atoms with van der Waals surface area (Å²) in [7, 11) is 0. The number of carbonyl (C=O) groups is 1. The minimum Gasteiger partial charge on any atom is -0.353 e. The summed E-state index contributed by atoms with van der Waals surface area (Å²) in [6, 6.07) is 2.21. The van der Waals surface area contributed by atoms with E-state index in [2.05, 4.69) is 9.97 Å². The van der Waals surface area contributed by atoms with Gasteiger partial charge in [0.25, 0.3) is 0 Å². The Kier molecular flexibility index (Phi) is 3.93. The molecule has 1 fully saturated rings. The van der Waals surface area contributed by atoms with Crippen LogP contribution in [0.5, 0.6) is 0 Å². The van der Waals surface area contributed by atoms with Gasteiger partial charge < -0.3 is 9.80 Å². The molecule has 9 heteroatoms. The van der Waals surface area contributed by atoms with Crippen LogP contribution in [0.2, 0.25) is 0 Å². The Hall–Kier alpha value is -2.58. The molecule has 1 aliphatic rings. The van der Waals surface area contributed by atoms with Crippen molar-refractivity contribution in [3.05, 3.63) is 42.6 Å². The van der Waals surface area contributed by atoms with Crippen molar-refractivity contribution in [2.45, 2.75) is 6.18 Å². The number of pyridine rings is 1. The SMILES string of the molecule is O=C(N1CCN(c2ccc(C(F)(F)F)cn2)CC1)n1ccnc1. The fraction of sp³-hybridized carbons (Fsp3) is 0.357. The maximum absolute atomic E-state index is 12.5. The molecular weight excluding hydrogens is 311 g/mol. The molecule has 1 aliphatic heterocycles. The van der Waals surface area contributed by atoms with E-state index < -0.39 is 11.7 Å². The maximum atomic E-state index is 12.5. The Bertz CT molecular complexity index is 661. The molecule has 0 bridgehead atoms. The number of alkyl halides is 3. The molecule has 3 rings (SSSR count). The van der Waals surface area contributed by atoms with Crippen LogP contribution >= 0.6 is 0 Å². The quantitative estimate of drug-likeness (QED) is 0.806. The molecule has 6 nitrogen and oxygen atoms in total. The summed E-state index contributed by atoms with van der Waals surface area (Å²) in [4.78, 5) is 23.4. The highest BCUT2D eigenvalue weighted by Crippen LogP contribution is 2.29. The number of aromatic nitrogens is 3. The van der Waals surface area contributed by atoms with Gasteiger partial charge in [0.05, 0.1) is 5.56 Å². The molecule has 0 aliphatic carbocycles. The van der Waals surface area contributed by atoms with Gasteiger partial charge in [-0.2, -0.15) is 13.2 Å². The summed E-state index contributed by atoms with van der Waals surface area (Å²) in [5, 5.41) is 0. The first kappa shape index (κ1) is 15.3. The molecular formula is C14H14F3N5O. The molecule has 0 spiro atoms. The van der Waals surface area contributed by atoms with Crippen molar-refractivity contribution >= 4 is 11.8 Å². The Morgan fingerprint density at radius 1 is 1.13 bits per heavy atom. The van der Waals surface area contributed by atoms with Crippen LogP contribution in [0, 0.1) is 0 Å². The number of amides is 1. The minimum atomic E-state index is -4.39. The molecule has 3 heterocycles. The third-order valence-electron chi connectivity index (χ3n) is 3.67. The van der Waals surface area contributed by atoms with Crippen molar-refractivity contribution in [2.75, 3.05) is 31.1 Å². The Morgan fingerprint density at radius 2 is 1.87 bits per heavy atom. The lowest BCUT2D eigenvalue weighted by molar-refractivity contribution is -0.137. The van der Waals surface area contributed by atoms with Gasteiger partial charge in [0.2, 0.25) is 0 Å². The number of nitrogens with zero attached hydrogens (tertiary/aromatic N) is 5. The van der Waals surface area contributed by atoms with Gasteiger partial charge in [-0.25, -0.2) is 14.8 Å². The highest BCUT2D eigenvalue weighted by Gasteiger charge is 2.31. The summed E-state index contributed by atoms with van der Waals surface area (Å²) in [6.45, 7) is 1.97. The number of carbonyl (C=O) groups excluding carboxylic acids is 1. The lowest BCUT2D eigenvalue weighted by Crippen LogP contribution is -2.50. The van der Waals surface area contributed by atoms with Crippen molar-refractivity contribution in [3.8, 4) is 0 Å². The van der Waals surface area contributed by atoms with Crippen LogP contribution in [0.3, 0.4) is 0 Å². The number of hydrogen-bond donors (Lipinski definition) is 0. The number of piperazine rings is 1. The topological polar surface area (TPSA) is 54.3 Å². The molecule has 0 aromatic carbocycles. The monoisotopic (exact) mass is 325 g/mol. The molecule has 0 saturated carbocycles. The van der Waals surface area contributed by atoms with Crippen molar-refractivity contribution in [1.82, 2.24) is 19.4 Å². The number of hydrogen-bond acceptors (Lipinski definition) is 4. The average Bonchev–Trinajstić information content (AvgIpc) is 3.08. The molecule has 2 aromatic rings. The first-order chi connectivity index (χ1) is 10.9. The van der Waals surface area contributed by atoms with E-state index in [1.54, 1.807) is 11.1 Å². The van der Waals surface area contributed by atoms with E-state index in [1.807, 2.05) is 4.90 Å². The van der Waals surface area contributed by atoms with Crippen molar-refractivity contribution in [2.24, 2.45) is 0 Å². The van der Waals surface area contributed by atoms with E-state index in [0.717, 1.165) is 12.3 Å². The number of anilines is 1. The molecule has 0 unspecified atom stereocenters. The van der Waals surface area contributed by atoms with Crippen LogP contribution < -0.4 is 4.90 Å². The second kappa shape index (κ2) is 5.90. The molecule has 0 atom stereocenters. The van der Waals surface area contributed by atoms with Gasteiger partial charge in [-0.15, -0.1) is 0 Å². The molecule has 0 N–H and O–H groups in total. The third kappa shape index (κ3) is 3.27. The zero-order chi connectivity index (χ0) is 16.4. The number of imidazole rings is 1. The van der Waals surface area contributed by atoms with Gasteiger partial charge in [-0.1, -0.05) is 0 Å². The van der Waals surface area contributed by atoms with Gasteiger partial charge in [0, 0.05) is 44.8 Å². The highest BCUT2D eigenvalue weighted by molar-refractivity contribution is 5.77. The summed E-state index contributed by atoms with van der Waals surface area (Å²) in [5.74, 6) is 0.479. The first-order valence-corrected chi connectivity index (χ1v) is 7.00. The lowest BCUT2D eigenvalue weighted by atomic mass is 10.2. The largest absolute Gasteiger partial charge is 0.417 e. The average molecular weight is 325 g/mol. The predicted molar refractivity (Wildman–Crippen MR) is 76.0 cm³/mol. The molecule has 2 aromatic heterocycles. The first-order valence-electron chi connectivity index (χ1n) is 7.00.